The van der Waals surface area contributed by atoms with E-state index >= 15 is 8.78 Å². The molecule has 2 amide bonds. The smallest absolute Gasteiger partial charge is 0.412 e. The molecule has 2 atom stereocenters. The molecule has 282 valence electrons. The highest BCUT2D eigenvalue weighted by Gasteiger charge is 2.35. The van der Waals surface area contributed by atoms with Crippen LogP contribution in [0.4, 0.5) is 30.0 Å². The molecule has 0 radical (unpaired) electrons. The number of rotatable bonds is 10. The van der Waals surface area contributed by atoms with E-state index in [2.05, 4.69) is 30.8 Å². The molecule has 1 saturated heterocycles. The lowest BCUT2D eigenvalue weighted by molar-refractivity contribution is -0.146. The van der Waals surface area contributed by atoms with Crippen molar-refractivity contribution >= 4 is 45.7 Å². The molecule has 2 aromatic heterocycles. The van der Waals surface area contributed by atoms with Crippen LogP contribution in [-0.2, 0) is 25.4 Å². The van der Waals surface area contributed by atoms with Crippen LogP contribution in [0.15, 0.2) is 18.3 Å². The van der Waals surface area contributed by atoms with Crippen LogP contribution in [-0.4, -0.2) is 72.1 Å². The predicted octanol–water partition coefficient (Wildman–Crippen LogP) is 6.97. The van der Waals surface area contributed by atoms with Crippen molar-refractivity contribution in [1.82, 2.24) is 15.3 Å². The zero-order valence-corrected chi connectivity index (χ0v) is 31.5. The first-order valence-corrected chi connectivity index (χ1v) is 17.9. The summed E-state index contributed by atoms with van der Waals surface area (Å²) < 4.78 is 52.4. The Kier molecular flexibility index (Phi) is 11.7. The van der Waals surface area contributed by atoms with Gasteiger partial charge in [-0.3, -0.25) is 25.2 Å². The minimum atomic E-state index is -1.01. The van der Waals surface area contributed by atoms with E-state index in [0.29, 0.717) is 55.4 Å². The van der Waals surface area contributed by atoms with Crippen LogP contribution >= 0.6 is 11.3 Å². The van der Waals surface area contributed by atoms with Crippen molar-refractivity contribution in [3.63, 3.8) is 0 Å². The number of esters is 1. The second-order valence-corrected chi connectivity index (χ2v) is 15.6. The molecule has 13 nitrogen and oxygen atoms in total. The van der Waals surface area contributed by atoms with Crippen molar-refractivity contribution in [2.75, 3.05) is 42.5 Å². The lowest BCUT2D eigenvalue weighted by atomic mass is 10.0. The van der Waals surface area contributed by atoms with Gasteiger partial charge < -0.3 is 29.2 Å². The SMILES string of the molecule is COc1ccc(F)c(-c2nc(C(=O)Nc3cnc4c(c3N3CCC[C@H](NCOC(C)(C)C)C3)CCC4OC(C)=O)c(NC(=O)OC(C)(C)C)s2)c1F. The number of amides is 2. The Morgan fingerprint density at radius 1 is 1.06 bits per heavy atom. The highest BCUT2D eigenvalue weighted by molar-refractivity contribution is 7.19. The summed E-state index contributed by atoms with van der Waals surface area (Å²) in [6.07, 6.45) is 2.91. The third-order valence-corrected chi connectivity index (χ3v) is 9.25. The standard InChI is InChI=1S/C36H46F2N6O7S/c1-19(45)50-25-13-11-21-28(25)39-16-23(30(21)44-15-9-10-20(17-44)40-18-49-35(2,3)4)41-31(46)29-33(43-34(47)51-36(5,6)7)52-32(42-29)26-22(37)12-14-24(48-8)27(26)38/h12,14,16,20,25,40H,9-11,13,15,17-18H2,1-8H3,(H,41,46)(H,43,47)/t20-,25?/m0/s1. The van der Waals surface area contributed by atoms with Crippen LogP contribution in [0.5, 0.6) is 5.75 Å². The van der Waals surface area contributed by atoms with Gasteiger partial charge in [-0.05, 0) is 79.4 Å². The Bertz CT molecular complexity index is 1820. The number of aromatic nitrogens is 2. The van der Waals surface area contributed by atoms with Crippen molar-refractivity contribution < 1.29 is 42.1 Å². The molecule has 3 heterocycles. The van der Waals surface area contributed by atoms with Gasteiger partial charge >= 0.3 is 12.1 Å². The maximum Gasteiger partial charge on any atom is 0.412 e. The first-order valence-electron chi connectivity index (χ1n) is 17.1. The van der Waals surface area contributed by atoms with Gasteiger partial charge in [-0.1, -0.05) is 11.3 Å². The lowest BCUT2D eigenvalue weighted by Gasteiger charge is -2.37. The number of fused-ring (bicyclic) bond motifs is 1. The van der Waals surface area contributed by atoms with Crippen LogP contribution in [0.2, 0.25) is 0 Å². The maximum atomic E-state index is 15.4. The average molecular weight is 745 g/mol. The van der Waals surface area contributed by atoms with E-state index in [4.69, 9.17) is 18.9 Å². The number of thiazole rings is 1. The zero-order valence-electron chi connectivity index (χ0n) is 30.7. The van der Waals surface area contributed by atoms with Gasteiger partial charge in [0, 0.05) is 31.6 Å². The number of ether oxygens (including phenoxy) is 4. The quantitative estimate of drug-likeness (QED) is 0.146. The molecule has 52 heavy (non-hydrogen) atoms. The van der Waals surface area contributed by atoms with E-state index in [1.165, 1.54) is 20.2 Å². The molecular weight excluding hydrogens is 698 g/mol. The molecule has 1 unspecified atom stereocenters. The van der Waals surface area contributed by atoms with E-state index < -0.39 is 46.9 Å². The molecule has 1 fully saturated rings. The Morgan fingerprint density at radius 2 is 1.81 bits per heavy atom. The number of benzene rings is 1. The number of hydrogen-bond acceptors (Lipinski definition) is 12. The monoisotopic (exact) mass is 744 g/mol. The fourth-order valence-corrected chi connectivity index (χ4v) is 7.10. The number of carbonyl (C=O) groups is 3. The number of methoxy groups -OCH3 is 1. The second kappa shape index (κ2) is 15.7. The minimum Gasteiger partial charge on any atom is -0.494 e. The highest BCUT2D eigenvalue weighted by atomic mass is 32.1. The van der Waals surface area contributed by atoms with Gasteiger partial charge in [0.25, 0.3) is 5.91 Å². The summed E-state index contributed by atoms with van der Waals surface area (Å²) in [6.45, 7) is 14.0. The molecule has 0 spiro atoms. The topological polar surface area (TPSA) is 153 Å². The summed E-state index contributed by atoms with van der Waals surface area (Å²) >= 11 is 0.707. The van der Waals surface area contributed by atoms with Crippen LogP contribution in [0.25, 0.3) is 10.6 Å². The molecule has 16 heteroatoms. The molecule has 5 rings (SSSR count). The molecule has 0 saturated carbocycles. The number of anilines is 3. The predicted molar refractivity (Wildman–Crippen MR) is 193 cm³/mol. The summed E-state index contributed by atoms with van der Waals surface area (Å²) in [5, 5.41) is 8.63. The van der Waals surface area contributed by atoms with Crippen molar-refractivity contribution in [1.29, 1.82) is 0 Å². The molecule has 3 N–H and O–H groups in total. The number of carbonyl (C=O) groups excluding carboxylic acids is 3. The minimum absolute atomic E-state index is 0.0764. The Labute approximate surface area is 305 Å². The van der Waals surface area contributed by atoms with Crippen molar-refractivity contribution in [2.24, 2.45) is 0 Å². The van der Waals surface area contributed by atoms with Crippen molar-refractivity contribution in [2.45, 2.75) is 97.5 Å². The van der Waals surface area contributed by atoms with Crippen molar-refractivity contribution in [3.8, 4) is 16.3 Å². The average Bonchev–Trinajstić information content (AvgIpc) is 3.63. The highest BCUT2D eigenvalue weighted by Crippen LogP contribution is 2.44. The molecule has 3 aromatic rings. The third kappa shape index (κ3) is 9.33. The first kappa shape index (κ1) is 38.8. The van der Waals surface area contributed by atoms with Gasteiger partial charge in [0.2, 0.25) is 0 Å². The fraction of sp³-hybridized carbons (Fsp3) is 0.528. The summed E-state index contributed by atoms with van der Waals surface area (Å²) in [5.41, 5.74) is 0.522. The summed E-state index contributed by atoms with van der Waals surface area (Å²) in [7, 11) is 1.24. The maximum absolute atomic E-state index is 15.4. The normalized spacial score (nSPS) is 17.4. The lowest BCUT2D eigenvalue weighted by Crippen LogP contribution is -2.47. The van der Waals surface area contributed by atoms with E-state index in [1.807, 2.05) is 20.8 Å². The molecule has 0 bridgehead atoms. The zero-order chi connectivity index (χ0) is 38.0. The van der Waals surface area contributed by atoms with E-state index in [-0.39, 0.29) is 33.1 Å². The molecule has 1 aliphatic carbocycles. The first-order chi connectivity index (χ1) is 24.4. The van der Waals surface area contributed by atoms with E-state index in [9.17, 15) is 14.4 Å². The van der Waals surface area contributed by atoms with Crippen molar-refractivity contribution in [3.05, 3.63) is 46.9 Å². The molecule has 2 aliphatic rings. The van der Waals surface area contributed by atoms with Crippen LogP contribution < -0.4 is 25.6 Å². The van der Waals surface area contributed by atoms with Gasteiger partial charge in [0.05, 0.1) is 48.3 Å². The largest absolute Gasteiger partial charge is 0.494 e. The number of halogens is 2. The number of nitrogens with zero attached hydrogens (tertiary/aromatic N) is 3. The molecule has 1 aliphatic heterocycles. The van der Waals surface area contributed by atoms with E-state index in [1.54, 1.807) is 20.8 Å². The van der Waals surface area contributed by atoms with Crippen LogP contribution in [0.1, 0.15) is 95.6 Å². The van der Waals surface area contributed by atoms with Gasteiger partial charge in [-0.2, -0.15) is 0 Å². The number of piperidine rings is 1. The van der Waals surface area contributed by atoms with Gasteiger partial charge in [0.1, 0.15) is 27.5 Å². The summed E-state index contributed by atoms with van der Waals surface area (Å²) in [5.74, 6) is -3.36. The van der Waals surface area contributed by atoms with E-state index in [0.717, 1.165) is 36.2 Å². The number of hydrogen-bond donors (Lipinski definition) is 3. The Hall–Kier alpha value is -4.41. The Morgan fingerprint density at radius 3 is 2.48 bits per heavy atom. The molecular formula is C36H46F2N6O7S. The van der Waals surface area contributed by atoms with Gasteiger partial charge in [-0.15, -0.1) is 0 Å². The van der Waals surface area contributed by atoms with Gasteiger partial charge in [0.15, 0.2) is 17.3 Å². The van der Waals surface area contributed by atoms with Crippen LogP contribution in [0.3, 0.4) is 0 Å². The second-order valence-electron chi connectivity index (χ2n) is 14.6. The fourth-order valence-electron chi connectivity index (χ4n) is 6.11. The molecule has 1 aromatic carbocycles. The number of nitrogens with one attached hydrogen (secondary N) is 3. The van der Waals surface area contributed by atoms with Crippen LogP contribution in [0, 0.1) is 11.6 Å². The third-order valence-electron chi connectivity index (χ3n) is 8.26. The summed E-state index contributed by atoms with van der Waals surface area (Å²) in [6, 6.07) is 2.25. The summed E-state index contributed by atoms with van der Waals surface area (Å²) in [4.78, 5) is 50.1. The number of pyridine rings is 1. The van der Waals surface area contributed by atoms with Gasteiger partial charge in [-0.25, -0.2) is 18.6 Å². The Balaban J connectivity index is 1.53.